The van der Waals surface area contributed by atoms with Gasteiger partial charge in [-0.3, -0.25) is 0 Å². The number of hydrogen-bond donors (Lipinski definition) is 1. The first-order valence-corrected chi connectivity index (χ1v) is 20.1. The summed E-state index contributed by atoms with van der Waals surface area (Å²) in [4.78, 5) is 15.0. The largest absolute Gasteiger partial charge is 0.497 e. The second kappa shape index (κ2) is 18.7. The van der Waals surface area contributed by atoms with Crippen LogP contribution in [0.15, 0.2) is 125 Å². The van der Waals surface area contributed by atoms with E-state index in [9.17, 15) is 9.90 Å². The molecule has 4 aromatic rings. The van der Waals surface area contributed by atoms with Gasteiger partial charge in [0.25, 0.3) is 0 Å². The maximum Gasteiger partial charge on any atom is 0.367 e. The number of thioether (sulfide) groups is 3. The van der Waals surface area contributed by atoms with E-state index in [0.717, 1.165) is 27.1 Å². The fourth-order valence-electron chi connectivity index (χ4n) is 6.16. The molecule has 2 aliphatic rings. The second-order valence-corrected chi connectivity index (χ2v) is 15.6. The van der Waals surface area contributed by atoms with E-state index in [4.69, 9.17) is 33.2 Å². The SMILES string of the molecule is COc1ccc(O[C@@H]2O[C@H](C)[C@@H](O[C@@H]3O[C@H](C)[C@@H](OCc4ccccc4)[C@H](O)[C@H]3Sc3ccccc3)[C@H](OC(=O)SC)[C@H]2Sc2ccccc2)cc1. The van der Waals surface area contributed by atoms with Gasteiger partial charge in [0, 0.05) is 9.79 Å². The number of ether oxygens (including phenoxy) is 7. The van der Waals surface area contributed by atoms with Gasteiger partial charge in [-0.15, -0.1) is 23.5 Å². The number of methoxy groups -OCH3 is 1. The van der Waals surface area contributed by atoms with E-state index < -0.39 is 65.0 Å². The zero-order valence-electron chi connectivity index (χ0n) is 29.4. The fourth-order valence-corrected chi connectivity index (χ4v) is 8.73. The Hall–Kier alpha value is -3.20. The molecule has 6 rings (SSSR count). The first kappa shape index (κ1) is 38.5. The van der Waals surface area contributed by atoms with Crippen molar-refractivity contribution in [2.24, 2.45) is 0 Å². The summed E-state index contributed by atoms with van der Waals surface area (Å²) in [5.74, 6) is 1.26. The Kier molecular flexibility index (Phi) is 13.9. The molecule has 2 saturated heterocycles. The predicted molar refractivity (Wildman–Crippen MR) is 204 cm³/mol. The topological polar surface area (TPSA) is 102 Å². The maximum atomic E-state index is 13.1. The van der Waals surface area contributed by atoms with Crippen LogP contribution in [0.4, 0.5) is 4.79 Å². The summed E-state index contributed by atoms with van der Waals surface area (Å²) in [7, 11) is 1.61. The smallest absolute Gasteiger partial charge is 0.367 e. The lowest BCUT2D eigenvalue weighted by Crippen LogP contribution is -2.63. The van der Waals surface area contributed by atoms with E-state index >= 15 is 0 Å². The molecule has 0 aliphatic carbocycles. The van der Waals surface area contributed by atoms with Crippen molar-refractivity contribution >= 4 is 40.6 Å². The Morgan fingerprint density at radius 1 is 0.692 bits per heavy atom. The molecule has 2 heterocycles. The highest BCUT2D eigenvalue weighted by molar-refractivity contribution is 8.12. The van der Waals surface area contributed by atoms with Crippen molar-refractivity contribution in [3.05, 3.63) is 121 Å². The van der Waals surface area contributed by atoms with Gasteiger partial charge in [0.1, 0.15) is 35.1 Å². The number of aliphatic hydroxyl groups excluding tert-OH is 1. The molecule has 0 unspecified atom stereocenters. The fraction of sp³-hybridized carbons (Fsp3) is 0.375. The predicted octanol–water partition coefficient (Wildman–Crippen LogP) is 8.09. The van der Waals surface area contributed by atoms with Gasteiger partial charge >= 0.3 is 5.30 Å². The molecule has 4 aromatic carbocycles. The highest BCUT2D eigenvalue weighted by Crippen LogP contribution is 2.42. The van der Waals surface area contributed by atoms with Gasteiger partial charge in [-0.05, 0) is 86.0 Å². The summed E-state index contributed by atoms with van der Waals surface area (Å²) >= 11 is 3.91. The van der Waals surface area contributed by atoms with Crippen LogP contribution in [0, 0.1) is 0 Å². The Morgan fingerprint density at radius 3 is 1.83 bits per heavy atom. The van der Waals surface area contributed by atoms with Crippen LogP contribution in [0.25, 0.3) is 0 Å². The minimum atomic E-state index is -0.963. The average molecular weight is 765 g/mol. The van der Waals surface area contributed by atoms with E-state index in [0.29, 0.717) is 18.1 Å². The van der Waals surface area contributed by atoms with Gasteiger partial charge in [-0.2, -0.15) is 0 Å². The minimum Gasteiger partial charge on any atom is -0.497 e. The molecule has 9 nitrogen and oxygen atoms in total. The lowest BCUT2D eigenvalue weighted by molar-refractivity contribution is -0.302. The maximum absolute atomic E-state index is 13.1. The Labute approximate surface area is 318 Å². The van der Waals surface area contributed by atoms with Crippen LogP contribution < -0.4 is 9.47 Å². The molecule has 52 heavy (non-hydrogen) atoms. The molecule has 0 saturated carbocycles. The summed E-state index contributed by atoms with van der Waals surface area (Å²) < 4.78 is 44.4. The van der Waals surface area contributed by atoms with Crippen molar-refractivity contribution in [2.75, 3.05) is 13.4 Å². The Bertz CT molecular complexity index is 1670. The minimum absolute atomic E-state index is 0.318. The number of carbonyl (C=O) groups excluding carboxylic acids is 1. The first-order chi connectivity index (χ1) is 25.3. The highest BCUT2D eigenvalue weighted by atomic mass is 32.2. The van der Waals surface area contributed by atoms with E-state index in [1.54, 1.807) is 13.4 Å². The highest BCUT2D eigenvalue weighted by Gasteiger charge is 2.53. The van der Waals surface area contributed by atoms with E-state index in [1.807, 2.05) is 129 Å². The third-order valence-corrected chi connectivity index (χ3v) is 11.9. The van der Waals surface area contributed by atoms with Gasteiger partial charge in [0.05, 0.1) is 37.3 Å². The summed E-state index contributed by atoms with van der Waals surface area (Å²) in [6.45, 7) is 4.06. The van der Waals surface area contributed by atoms with Gasteiger partial charge < -0.3 is 38.3 Å². The van der Waals surface area contributed by atoms with Crippen molar-refractivity contribution in [1.82, 2.24) is 0 Å². The van der Waals surface area contributed by atoms with Crippen LogP contribution in [0.1, 0.15) is 19.4 Å². The number of hydrogen-bond acceptors (Lipinski definition) is 12. The molecule has 276 valence electrons. The van der Waals surface area contributed by atoms with Crippen LogP contribution >= 0.6 is 35.3 Å². The van der Waals surface area contributed by atoms with Crippen LogP contribution in [-0.4, -0.2) is 83.5 Å². The molecule has 10 atom stereocenters. The van der Waals surface area contributed by atoms with Gasteiger partial charge in [-0.25, -0.2) is 4.79 Å². The van der Waals surface area contributed by atoms with Crippen molar-refractivity contribution in [1.29, 1.82) is 0 Å². The van der Waals surface area contributed by atoms with E-state index in [-0.39, 0.29) is 0 Å². The Morgan fingerprint density at radius 2 is 1.23 bits per heavy atom. The van der Waals surface area contributed by atoms with Gasteiger partial charge in [-0.1, -0.05) is 66.7 Å². The summed E-state index contributed by atoms with van der Waals surface area (Å²) in [5.41, 5.74) is 0.993. The number of carbonyl (C=O) groups is 1. The monoisotopic (exact) mass is 764 g/mol. The molecule has 0 amide bonds. The molecule has 0 spiro atoms. The van der Waals surface area contributed by atoms with Crippen molar-refractivity contribution in [3.63, 3.8) is 0 Å². The standard InChI is InChI=1S/C40H44O9S3/c1-25-33(44-24-27-14-8-5-9-15-27)32(41)36(51-30-16-10-6-11-17-30)38(45-25)48-34-26(2)46-39(47-29-22-20-28(43-3)21-23-29)37(35(34)49-40(42)50-4)52-31-18-12-7-13-19-31/h5-23,25-26,32-39,41H,24H2,1-4H3/t25-,26-,32+,33-,34-,35+,36-,37-,38+,39+/m1/s1. The number of benzene rings is 4. The molecular weight excluding hydrogens is 721 g/mol. The average Bonchev–Trinajstić information content (AvgIpc) is 3.17. The molecule has 1 N–H and O–H groups in total. The van der Waals surface area contributed by atoms with Crippen LogP contribution in [0.2, 0.25) is 0 Å². The van der Waals surface area contributed by atoms with Crippen LogP contribution in [-0.2, 0) is 30.3 Å². The third kappa shape index (κ3) is 9.86. The molecular formula is C40H44O9S3. The molecule has 0 bridgehead atoms. The number of aliphatic hydroxyl groups is 1. The van der Waals surface area contributed by atoms with Crippen molar-refractivity contribution in [3.8, 4) is 11.5 Å². The van der Waals surface area contributed by atoms with E-state index in [1.165, 1.54) is 23.5 Å². The quantitative estimate of drug-likeness (QED) is 0.133. The second-order valence-electron chi connectivity index (χ2n) is 12.4. The molecule has 2 aliphatic heterocycles. The molecule has 12 heteroatoms. The van der Waals surface area contributed by atoms with Crippen molar-refractivity contribution < 1.29 is 43.1 Å². The molecule has 0 radical (unpaired) electrons. The van der Waals surface area contributed by atoms with Crippen LogP contribution in [0.5, 0.6) is 11.5 Å². The molecule has 2 fully saturated rings. The summed E-state index contributed by atoms with van der Waals surface area (Å²) in [6.07, 6.45) is -4.42. The zero-order chi connectivity index (χ0) is 36.5. The van der Waals surface area contributed by atoms with Gasteiger partial charge in [0.15, 0.2) is 6.29 Å². The lowest BCUT2D eigenvalue weighted by Gasteiger charge is -2.48. The lowest BCUT2D eigenvalue weighted by atomic mass is 9.99. The third-order valence-electron chi connectivity index (χ3n) is 8.80. The summed E-state index contributed by atoms with van der Waals surface area (Å²) in [6, 6.07) is 36.7. The van der Waals surface area contributed by atoms with Crippen molar-refractivity contribution in [2.45, 2.75) is 89.9 Å². The van der Waals surface area contributed by atoms with Crippen LogP contribution in [0.3, 0.4) is 0 Å². The molecule has 0 aromatic heterocycles. The zero-order valence-corrected chi connectivity index (χ0v) is 31.8. The van der Waals surface area contributed by atoms with E-state index in [2.05, 4.69) is 0 Å². The first-order valence-electron chi connectivity index (χ1n) is 17.1. The van der Waals surface area contributed by atoms with Gasteiger partial charge in [0.2, 0.25) is 6.29 Å². The normalized spacial score (nSPS) is 28.9. The summed E-state index contributed by atoms with van der Waals surface area (Å²) in [5, 5.41) is 10.4. The Balaban J connectivity index is 1.30. The number of rotatable bonds is 13.